The molecule has 3 heterocycles. The van der Waals surface area contributed by atoms with Crippen LogP contribution >= 0.6 is 0 Å². The first-order valence-electron chi connectivity index (χ1n) is 14.1. The lowest BCUT2D eigenvalue weighted by Crippen LogP contribution is -2.31. The van der Waals surface area contributed by atoms with E-state index in [2.05, 4.69) is 74.1 Å². The number of rotatable bonds is 10. The molecule has 0 unspecified atom stereocenters. The second-order valence-corrected chi connectivity index (χ2v) is 9.86. The fourth-order valence-corrected chi connectivity index (χ4v) is 5.21. The molecule has 0 bridgehead atoms. The third-order valence-corrected chi connectivity index (χ3v) is 7.13. The molecule has 5 N–H and O–H groups in total. The van der Waals surface area contributed by atoms with Gasteiger partial charge in [-0.05, 0) is 49.1 Å². The number of hydrogen-bond acceptors (Lipinski definition) is 8. The summed E-state index contributed by atoms with van der Waals surface area (Å²) in [5.74, 6) is 1.89. The average Bonchev–Trinajstić information content (AvgIpc) is 3.27. The van der Waals surface area contributed by atoms with E-state index in [0.29, 0.717) is 13.1 Å². The van der Waals surface area contributed by atoms with Crippen molar-refractivity contribution in [2.24, 2.45) is 0 Å². The highest BCUT2D eigenvalue weighted by Gasteiger charge is 2.20. The summed E-state index contributed by atoms with van der Waals surface area (Å²) in [5, 5.41) is 21.4. The Hall–Kier alpha value is -3.66. The third-order valence-electron chi connectivity index (χ3n) is 7.13. The average molecular weight is 547 g/mol. The number of para-hydroxylation sites is 1. The smallest absolute Gasteiger partial charge is 0.222 e. The van der Waals surface area contributed by atoms with Crippen molar-refractivity contribution in [1.29, 1.82) is 0 Å². The first-order chi connectivity index (χ1) is 19.5. The van der Waals surface area contributed by atoms with Gasteiger partial charge >= 0.3 is 0 Å². The standard InChI is InChI=1S/C29H36N6O2.C2H6O/c1-3-4-13-31-28-27-26(32-29(30)33-28)23-7-5-6-8-24(23)35(27)19-22-18-21(9-10-25(22)37-2)20-11-14-34(15-12-20)16-17-36;1-2-3/h5-11,18,36H,3-4,12-17,19H2,1-2H3,(H3,30,31,32,33);3H,2H2,1H3. The van der Waals surface area contributed by atoms with Crippen LogP contribution in [-0.4, -0.2) is 76.2 Å². The molecule has 1 aliphatic rings. The molecular formula is C31H42N6O3. The van der Waals surface area contributed by atoms with Crippen LogP contribution in [-0.2, 0) is 6.54 Å². The number of nitrogens with zero attached hydrogens (tertiary/aromatic N) is 4. The first kappa shape index (κ1) is 29.3. The second kappa shape index (κ2) is 14.1. The van der Waals surface area contributed by atoms with Crippen molar-refractivity contribution < 1.29 is 14.9 Å². The monoisotopic (exact) mass is 546 g/mol. The fraction of sp³-hybridized carbons (Fsp3) is 0.419. The van der Waals surface area contributed by atoms with Crippen LogP contribution < -0.4 is 15.8 Å². The number of nitrogen functional groups attached to an aromatic ring is 1. The van der Waals surface area contributed by atoms with Gasteiger partial charge in [-0.15, -0.1) is 0 Å². The number of unbranched alkanes of at least 4 members (excludes halogenated alkanes) is 1. The lowest BCUT2D eigenvalue weighted by Gasteiger charge is -2.26. The fourth-order valence-electron chi connectivity index (χ4n) is 5.21. The molecule has 0 aliphatic carbocycles. The zero-order valence-corrected chi connectivity index (χ0v) is 23.9. The van der Waals surface area contributed by atoms with Crippen LogP contribution in [0.25, 0.3) is 27.5 Å². The number of anilines is 2. The molecule has 9 heteroatoms. The molecule has 40 heavy (non-hydrogen) atoms. The molecule has 0 saturated carbocycles. The predicted octanol–water partition coefficient (Wildman–Crippen LogP) is 4.52. The Morgan fingerprint density at radius 3 is 2.60 bits per heavy atom. The van der Waals surface area contributed by atoms with E-state index in [1.165, 1.54) is 11.1 Å². The Morgan fingerprint density at radius 2 is 1.90 bits per heavy atom. The zero-order valence-electron chi connectivity index (χ0n) is 23.9. The number of benzene rings is 2. The normalized spacial score (nSPS) is 13.7. The Balaban J connectivity index is 0.00000118. The van der Waals surface area contributed by atoms with E-state index in [9.17, 15) is 5.11 Å². The Morgan fingerprint density at radius 1 is 1.10 bits per heavy atom. The number of β-amino-alcohol motifs (C(OH)–C–C–N with tert-alkyl or cyclic N) is 1. The van der Waals surface area contributed by atoms with Crippen LogP contribution in [0.3, 0.4) is 0 Å². The van der Waals surface area contributed by atoms with Gasteiger partial charge in [0.25, 0.3) is 0 Å². The molecule has 9 nitrogen and oxygen atoms in total. The largest absolute Gasteiger partial charge is 0.496 e. The number of fused-ring (bicyclic) bond motifs is 3. The topological polar surface area (TPSA) is 122 Å². The summed E-state index contributed by atoms with van der Waals surface area (Å²) in [6.45, 7) is 8.26. The molecule has 214 valence electrons. The quantitative estimate of drug-likeness (QED) is 0.214. The molecule has 0 amide bonds. The number of nitrogens with two attached hydrogens (primary N) is 1. The highest BCUT2D eigenvalue weighted by atomic mass is 16.5. The van der Waals surface area contributed by atoms with E-state index in [4.69, 9.17) is 15.6 Å². The van der Waals surface area contributed by atoms with Gasteiger partial charge in [0.1, 0.15) is 16.8 Å². The Labute approximate surface area is 236 Å². The van der Waals surface area contributed by atoms with Crippen LogP contribution in [0.2, 0.25) is 0 Å². The summed E-state index contributed by atoms with van der Waals surface area (Å²) >= 11 is 0. The minimum Gasteiger partial charge on any atom is -0.496 e. The summed E-state index contributed by atoms with van der Waals surface area (Å²) in [6.07, 6.45) is 5.38. The van der Waals surface area contributed by atoms with Gasteiger partial charge < -0.3 is 30.6 Å². The third kappa shape index (κ3) is 6.55. The van der Waals surface area contributed by atoms with Gasteiger partial charge in [-0.25, -0.2) is 4.98 Å². The number of nitrogens with one attached hydrogen (secondary N) is 1. The molecule has 0 saturated heterocycles. The Bertz CT molecular complexity index is 1450. The summed E-state index contributed by atoms with van der Waals surface area (Å²) in [7, 11) is 1.72. The minimum atomic E-state index is 0.194. The van der Waals surface area contributed by atoms with Gasteiger partial charge in [0.2, 0.25) is 5.95 Å². The van der Waals surface area contributed by atoms with E-state index in [1.54, 1.807) is 14.0 Å². The number of hydrogen-bond donors (Lipinski definition) is 4. The Kier molecular flexibility index (Phi) is 10.3. The maximum atomic E-state index is 9.26. The van der Waals surface area contributed by atoms with Crippen molar-refractivity contribution in [2.45, 2.75) is 39.7 Å². The van der Waals surface area contributed by atoms with E-state index in [0.717, 1.165) is 78.0 Å². The van der Waals surface area contributed by atoms with Crippen LogP contribution in [0.4, 0.5) is 11.8 Å². The second-order valence-electron chi connectivity index (χ2n) is 9.86. The van der Waals surface area contributed by atoms with E-state index >= 15 is 0 Å². The minimum absolute atomic E-state index is 0.194. The van der Waals surface area contributed by atoms with Crippen LogP contribution in [0.1, 0.15) is 44.2 Å². The summed E-state index contributed by atoms with van der Waals surface area (Å²) in [6, 6.07) is 14.8. The molecular weight excluding hydrogens is 504 g/mol. The molecule has 2 aromatic carbocycles. The molecule has 2 aromatic heterocycles. The first-order valence-corrected chi connectivity index (χ1v) is 14.1. The lowest BCUT2D eigenvalue weighted by molar-refractivity contribution is 0.208. The maximum absolute atomic E-state index is 9.26. The number of methoxy groups -OCH3 is 1. The number of aromatic nitrogens is 3. The van der Waals surface area contributed by atoms with Gasteiger partial charge in [0, 0.05) is 43.7 Å². The van der Waals surface area contributed by atoms with Crippen molar-refractivity contribution in [1.82, 2.24) is 19.4 Å². The van der Waals surface area contributed by atoms with Gasteiger partial charge in [-0.3, -0.25) is 4.90 Å². The highest BCUT2D eigenvalue weighted by Crippen LogP contribution is 2.35. The van der Waals surface area contributed by atoms with Gasteiger partial charge in [-0.2, -0.15) is 4.98 Å². The van der Waals surface area contributed by atoms with Crippen molar-refractivity contribution in [3.05, 3.63) is 59.7 Å². The number of aliphatic hydroxyl groups is 2. The van der Waals surface area contributed by atoms with Crippen molar-refractivity contribution in [3.8, 4) is 5.75 Å². The van der Waals surface area contributed by atoms with Crippen molar-refractivity contribution >= 4 is 39.3 Å². The van der Waals surface area contributed by atoms with Crippen LogP contribution in [0, 0.1) is 0 Å². The zero-order chi connectivity index (χ0) is 28.5. The number of ether oxygens (including phenoxy) is 1. The van der Waals surface area contributed by atoms with Crippen LogP contribution in [0.5, 0.6) is 5.75 Å². The van der Waals surface area contributed by atoms with Crippen molar-refractivity contribution in [3.63, 3.8) is 0 Å². The molecule has 5 rings (SSSR count). The van der Waals surface area contributed by atoms with Crippen LogP contribution in [0.15, 0.2) is 48.5 Å². The van der Waals surface area contributed by atoms with Gasteiger partial charge in [-0.1, -0.05) is 43.7 Å². The summed E-state index contributed by atoms with van der Waals surface area (Å²) < 4.78 is 8.08. The van der Waals surface area contributed by atoms with Gasteiger partial charge in [0.15, 0.2) is 5.82 Å². The predicted molar refractivity (Wildman–Crippen MR) is 164 cm³/mol. The van der Waals surface area contributed by atoms with Crippen molar-refractivity contribution in [2.75, 3.05) is 57.6 Å². The van der Waals surface area contributed by atoms with Gasteiger partial charge in [0.05, 0.1) is 25.8 Å². The molecule has 0 spiro atoms. The molecule has 0 radical (unpaired) electrons. The molecule has 1 aliphatic heterocycles. The lowest BCUT2D eigenvalue weighted by atomic mass is 9.97. The van der Waals surface area contributed by atoms with E-state index in [1.807, 2.05) is 6.07 Å². The summed E-state index contributed by atoms with van der Waals surface area (Å²) in [5.41, 5.74) is 12.7. The SMILES string of the molecule is CCCCNc1nc(N)nc2c3ccccc3n(Cc3cc(C4=CCN(CCO)CC4)ccc3OC)c12.CCO. The van der Waals surface area contributed by atoms with E-state index < -0.39 is 0 Å². The molecule has 0 atom stereocenters. The maximum Gasteiger partial charge on any atom is 0.222 e. The highest BCUT2D eigenvalue weighted by molar-refractivity contribution is 6.09. The molecule has 0 fully saturated rings. The molecule has 4 aromatic rings. The summed E-state index contributed by atoms with van der Waals surface area (Å²) in [4.78, 5) is 11.5. The van der Waals surface area contributed by atoms with E-state index in [-0.39, 0.29) is 19.2 Å². The number of aliphatic hydroxyl groups excluding tert-OH is 2.